The fourth-order valence-electron chi connectivity index (χ4n) is 5.46. The van der Waals surface area contributed by atoms with Crippen LogP contribution in [0.3, 0.4) is 0 Å². The van der Waals surface area contributed by atoms with Crippen molar-refractivity contribution < 1.29 is 14.5 Å². The highest BCUT2D eigenvalue weighted by molar-refractivity contribution is 7.11. The number of carbonyl (C=O) groups excluding carboxylic acids is 1. The largest absolute Gasteiger partial charge is 0.378 e. The van der Waals surface area contributed by atoms with Crippen LogP contribution >= 0.6 is 22.7 Å². The predicted molar refractivity (Wildman–Crippen MR) is 146 cm³/mol. The monoisotopic (exact) mass is 534 g/mol. The van der Waals surface area contributed by atoms with E-state index in [0.717, 1.165) is 29.9 Å². The highest BCUT2D eigenvalue weighted by atomic mass is 32.1. The van der Waals surface area contributed by atoms with Crippen LogP contribution in [-0.2, 0) is 4.74 Å². The van der Waals surface area contributed by atoms with Gasteiger partial charge in [0.25, 0.3) is 11.6 Å². The molecule has 6 rings (SSSR count). The van der Waals surface area contributed by atoms with Gasteiger partial charge in [-0.25, -0.2) is 5.01 Å². The van der Waals surface area contributed by atoms with Gasteiger partial charge in [0, 0.05) is 40.4 Å². The molecule has 37 heavy (non-hydrogen) atoms. The number of thiophene rings is 2. The lowest BCUT2D eigenvalue weighted by atomic mass is 9.79. The quantitative estimate of drug-likeness (QED) is 0.296. The molecule has 8 nitrogen and oxygen atoms in total. The van der Waals surface area contributed by atoms with Gasteiger partial charge in [0.1, 0.15) is 5.69 Å². The summed E-state index contributed by atoms with van der Waals surface area (Å²) in [4.78, 5) is 29.7. The van der Waals surface area contributed by atoms with Crippen LogP contribution in [0.2, 0.25) is 0 Å². The maximum atomic E-state index is 13.9. The second kappa shape index (κ2) is 10.2. The Balaban J connectivity index is 1.38. The topological polar surface area (TPSA) is 88.3 Å². The number of anilines is 1. The van der Waals surface area contributed by atoms with Gasteiger partial charge in [-0.2, -0.15) is 5.10 Å². The number of amides is 1. The Hall–Kier alpha value is -3.34. The van der Waals surface area contributed by atoms with Gasteiger partial charge in [-0.05, 0) is 65.9 Å². The van der Waals surface area contributed by atoms with Gasteiger partial charge >= 0.3 is 0 Å². The zero-order valence-corrected chi connectivity index (χ0v) is 21.7. The van der Waals surface area contributed by atoms with Crippen molar-refractivity contribution in [1.82, 2.24) is 5.01 Å². The van der Waals surface area contributed by atoms with Gasteiger partial charge in [0.05, 0.1) is 29.9 Å². The lowest BCUT2D eigenvalue weighted by Gasteiger charge is -2.29. The van der Waals surface area contributed by atoms with Crippen molar-refractivity contribution in [2.24, 2.45) is 11.0 Å². The number of fused-ring (bicyclic) bond motifs is 1. The molecule has 2 aromatic heterocycles. The summed E-state index contributed by atoms with van der Waals surface area (Å²) < 4.78 is 5.40. The molecule has 0 N–H and O–H groups in total. The molecule has 2 fully saturated rings. The minimum absolute atomic E-state index is 0.0667. The van der Waals surface area contributed by atoms with Crippen molar-refractivity contribution >= 4 is 51.7 Å². The zero-order chi connectivity index (χ0) is 25.4. The van der Waals surface area contributed by atoms with Gasteiger partial charge in [-0.15, -0.1) is 22.7 Å². The maximum absolute atomic E-state index is 13.9. The fraction of sp³-hybridized carbons (Fsp3) is 0.333. The smallest absolute Gasteiger partial charge is 0.293 e. The zero-order valence-electron chi connectivity index (χ0n) is 20.1. The lowest BCUT2D eigenvalue weighted by molar-refractivity contribution is -0.384. The lowest BCUT2D eigenvalue weighted by Crippen LogP contribution is -2.36. The molecule has 1 aromatic carbocycles. The maximum Gasteiger partial charge on any atom is 0.293 e. The van der Waals surface area contributed by atoms with Gasteiger partial charge in [-0.3, -0.25) is 14.9 Å². The van der Waals surface area contributed by atoms with E-state index in [9.17, 15) is 14.9 Å². The van der Waals surface area contributed by atoms with E-state index >= 15 is 0 Å². The van der Waals surface area contributed by atoms with Gasteiger partial charge < -0.3 is 9.64 Å². The van der Waals surface area contributed by atoms with Crippen LogP contribution in [-0.4, -0.2) is 47.9 Å². The summed E-state index contributed by atoms with van der Waals surface area (Å²) in [5.74, 6) is -0.211. The molecule has 3 aromatic rings. The Kier molecular flexibility index (Phi) is 6.62. The average Bonchev–Trinajstić information content (AvgIpc) is 3.70. The summed E-state index contributed by atoms with van der Waals surface area (Å²) in [6, 6.07) is 12.7. The highest BCUT2D eigenvalue weighted by Crippen LogP contribution is 2.46. The molecule has 2 aliphatic heterocycles. The number of nitro benzene ring substituents is 1. The van der Waals surface area contributed by atoms with Crippen LogP contribution in [0.4, 0.5) is 11.4 Å². The third kappa shape index (κ3) is 4.60. The number of rotatable bonds is 5. The summed E-state index contributed by atoms with van der Waals surface area (Å²) in [7, 11) is 0. The second-order valence-corrected chi connectivity index (χ2v) is 11.3. The molecule has 0 unspecified atom stereocenters. The molecule has 0 bridgehead atoms. The predicted octanol–water partition coefficient (Wildman–Crippen LogP) is 5.99. The Bertz CT molecular complexity index is 1360. The SMILES string of the molecule is O=C(c1ccc(N2CCOCC2)c([N+](=O)[O-])c1)N1N=C2/C(=C/c3cccs3)CCC[C@H]2[C@@H]1c1cccs1. The minimum atomic E-state index is -0.407. The molecular formula is C27H26N4O4S2. The standard InChI is InChI=1S/C27H26N4O4S2/c32-27(19-8-9-22(23(17-19)31(33)34)29-10-12-35-13-11-29)30-26(24-7-3-15-37-24)21-6-1-4-18(25(21)28-30)16-20-5-2-14-36-20/h2-3,5,7-9,14-17,21,26H,1,4,6,10-13H2/b18-16+/t21-,26-/m1/s1. The Morgan fingerprint density at radius 2 is 1.95 bits per heavy atom. The molecule has 1 aliphatic carbocycles. The van der Waals surface area contributed by atoms with Crippen LogP contribution in [0.5, 0.6) is 0 Å². The third-order valence-corrected chi connectivity index (χ3v) is 8.94. The van der Waals surface area contributed by atoms with E-state index in [0.29, 0.717) is 32.0 Å². The van der Waals surface area contributed by atoms with E-state index in [1.165, 1.54) is 16.5 Å². The van der Waals surface area contributed by atoms with Crippen molar-refractivity contribution in [3.8, 4) is 0 Å². The number of hydrogen-bond donors (Lipinski definition) is 0. The van der Waals surface area contributed by atoms with Crippen LogP contribution in [0.15, 0.2) is 63.9 Å². The molecule has 0 radical (unpaired) electrons. The Morgan fingerprint density at radius 1 is 1.14 bits per heavy atom. The number of ether oxygens (including phenoxy) is 1. The van der Waals surface area contributed by atoms with E-state index in [-0.39, 0.29) is 29.1 Å². The van der Waals surface area contributed by atoms with Gasteiger partial charge in [-0.1, -0.05) is 12.1 Å². The van der Waals surface area contributed by atoms with E-state index in [2.05, 4.69) is 23.6 Å². The Labute approximate surface area is 222 Å². The second-order valence-electron chi connectivity index (χ2n) is 9.34. The first-order chi connectivity index (χ1) is 18.1. The van der Waals surface area contributed by atoms with Crippen molar-refractivity contribution in [3.05, 3.63) is 84.2 Å². The first kappa shape index (κ1) is 24.0. The summed E-state index contributed by atoms with van der Waals surface area (Å²) >= 11 is 3.30. The molecule has 0 spiro atoms. The van der Waals surface area contributed by atoms with E-state index < -0.39 is 4.92 Å². The number of benzene rings is 1. The van der Waals surface area contributed by atoms with E-state index in [4.69, 9.17) is 9.84 Å². The summed E-state index contributed by atoms with van der Waals surface area (Å²) in [6.07, 6.45) is 5.09. The van der Waals surface area contributed by atoms with Gasteiger partial charge in [0.2, 0.25) is 0 Å². The molecule has 1 saturated carbocycles. The third-order valence-electron chi connectivity index (χ3n) is 7.17. The highest BCUT2D eigenvalue weighted by Gasteiger charge is 2.44. The molecule has 3 aliphatic rings. The van der Waals surface area contributed by atoms with Crippen LogP contribution in [0.25, 0.3) is 6.08 Å². The number of hydrazone groups is 1. The van der Waals surface area contributed by atoms with Crippen molar-refractivity contribution in [3.63, 3.8) is 0 Å². The number of hydrogen-bond acceptors (Lipinski definition) is 8. The number of nitrogens with zero attached hydrogens (tertiary/aromatic N) is 4. The molecule has 1 amide bonds. The van der Waals surface area contributed by atoms with E-state index in [1.807, 2.05) is 22.4 Å². The van der Waals surface area contributed by atoms with Crippen molar-refractivity contribution in [1.29, 1.82) is 0 Å². The number of nitro groups is 1. The molecule has 10 heteroatoms. The normalized spacial score (nSPS) is 22.7. The van der Waals surface area contributed by atoms with Crippen LogP contribution in [0.1, 0.15) is 45.4 Å². The van der Waals surface area contributed by atoms with E-state index in [1.54, 1.807) is 39.8 Å². The summed E-state index contributed by atoms with van der Waals surface area (Å²) in [6.45, 7) is 2.20. The Morgan fingerprint density at radius 3 is 2.68 bits per heavy atom. The molecule has 190 valence electrons. The van der Waals surface area contributed by atoms with Crippen LogP contribution in [0, 0.1) is 16.0 Å². The van der Waals surface area contributed by atoms with Crippen molar-refractivity contribution in [2.75, 3.05) is 31.2 Å². The molecular weight excluding hydrogens is 508 g/mol. The summed E-state index contributed by atoms with van der Waals surface area (Å²) in [5, 5.41) is 22.6. The number of morpholine rings is 1. The number of carbonyl (C=O) groups is 1. The number of allylic oxidation sites excluding steroid dienone is 1. The van der Waals surface area contributed by atoms with Crippen LogP contribution < -0.4 is 4.90 Å². The summed E-state index contributed by atoms with van der Waals surface area (Å²) in [5.41, 5.74) is 2.86. The first-order valence-corrected chi connectivity index (χ1v) is 14.2. The van der Waals surface area contributed by atoms with Crippen molar-refractivity contribution in [2.45, 2.75) is 25.3 Å². The van der Waals surface area contributed by atoms with Gasteiger partial charge in [0.15, 0.2) is 0 Å². The average molecular weight is 535 g/mol. The molecule has 4 heterocycles. The molecule has 2 atom stereocenters. The first-order valence-electron chi connectivity index (χ1n) is 12.4. The molecule has 1 saturated heterocycles. The minimum Gasteiger partial charge on any atom is -0.378 e. The fourth-order valence-corrected chi connectivity index (χ4v) is 7.01.